The van der Waals surface area contributed by atoms with Crippen molar-refractivity contribution in [1.82, 2.24) is 20.2 Å². The molecule has 5 heteroatoms. The van der Waals surface area contributed by atoms with E-state index in [1.165, 1.54) is 5.56 Å². The molecule has 1 atom stereocenters. The van der Waals surface area contributed by atoms with Crippen LogP contribution in [0.15, 0.2) is 43.0 Å². The summed E-state index contributed by atoms with van der Waals surface area (Å²) in [6.45, 7) is 2.89. The normalized spacial score (nSPS) is 20.5. The van der Waals surface area contributed by atoms with Crippen molar-refractivity contribution in [2.75, 3.05) is 24.6 Å². The second kappa shape index (κ2) is 4.55. The molecule has 1 aliphatic rings. The number of hydrogen-bond donors (Lipinski definition) is 1. The Hall–Kier alpha value is -1.88. The zero-order valence-electron chi connectivity index (χ0n) is 9.53. The van der Waals surface area contributed by atoms with Gasteiger partial charge in [0.05, 0.1) is 6.04 Å². The molecule has 17 heavy (non-hydrogen) atoms. The van der Waals surface area contributed by atoms with Gasteiger partial charge in [-0.3, -0.25) is 0 Å². The van der Waals surface area contributed by atoms with Gasteiger partial charge in [-0.15, -0.1) is 10.2 Å². The summed E-state index contributed by atoms with van der Waals surface area (Å²) in [4.78, 5) is 0. The molecule has 2 aromatic rings. The van der Waals surface area contributed by atoms with Gasteiger partial charge in [0.15, 0.2) is 0 Å². The van der Waals surface area contributed by atoms with Crippen LogP contribution in [0, 0.1) is 0 Å². The molecule has 2 heterocycles. The van der Waals surface area contributed by atoms with Crippen LogP contribution in [-0.2, 0) is 0 Å². The lowest BCUT2D eigenvalue weighted by molar-refractivity contribution is 0.402. The minimum atomic E-state index is 0.334. The molecule has 0 bridgehead atoms. The summed E-state index contributed by atoms with van der Waals surface area (Å²) in [6.07, 6.45) is 3.50. The lowest BCUT2D eigenvalue weighted by atomic mass is 10.1. The van der Waals surface area contributed by atoms with Crippen LogP contribution in [0.4, 0.5) is 0 Å². The van der Waals surface area contributed by atoms with Gasteiger partial charge in [0.25, 0.3) is 0 Å². The number of aromatic nitrogens is 3. The highest BCUT2D eigenvalue weighted by Crippen LogP contribution is 2.20. The van der Waals surface area contributed by atoms with Crippen molar-refractivity contribution in [1.29, 1.82) is 0 Å². The van der Waals surface area contributed by atoms with Crippen molar-refractivity contribution in [3.05, 3.63) is 48.5 Å². The monoisotopic (exact) mass is 229 g/mol. The average molecular weight is 229 g/mol. The molecule has 0 radical (unpaired) electrons. The molecular formula is C12H15N5. The predicted molar refractivity (Wildman–Crippen MR) is 65.2 cm³/mol. The first kappa shape index (κ1) is 10.3. The summed E-state index contributed by atoms with van der Waals surface area (Å²) in [5.74, 6) is 0. The van der Waals surface area contributed by atoms with Gasteiger partial charge in [0.2, 0.25) is 0 Å². The molecule has 0 amide bonds. The topological polar surface area (TPSA) is 46.0 Å². The van der Waals surface area contributed by atoms with Crippen LogP contribution in [0.1, 0.15) is 11.6 Å². The summed E-state index contributed by atoms with van der Waals surface area (Å²) in [5.41, 5.74) is 1.31. The van der Waals surface area contributed by atoms with Crippen LogP contribution >= 0.6 is 0 Å². The Balaban J connectivity index is 1.91. The Morgan fingerprint density at radius 2 is 1.88 bits per heavy atom. The van der Waals surface area contributed by atoms with Crippen molar-refractivity contribution < 1.29 is 0 Å². The minimum absolute atomic E-state index is 0.334. The highest BCUT2D eigenvalue weighted by molar-refractivity contribution is 5.24. The van der Waals surface area contributed by atoms with Crippen LogP contribution in [-0.4, -0.2) is 34.5 Å². The fourth-order valence-corrected chi connectivity index (χ4v) is 2.26. The Morgan fingerprint density at radius 3 is 2.65 bits per heavy atom. The van der Waals surface area contributed by atoms with E-state index in [-0.39, 0.29) is 0 Å². The van der Waals surface area contributed by atoms with E-state index in [4.69, 9.17) is 0 Å². The number of piperazine rings is 1. The van der Waals surface area contributed by atoms with Crippen molar-refractivity contribution in [3.63, 3.8) is 0 Å². The molecule has 1 unspecified atom stereocenters. The SMILES string of the molecule is c1ccc(C2CNCCN2n2cnnc2)cc1. The van der Waals surface area contributed by atoms with Crippen molar-refractivity contribution in [2.45, 2.75) is 6.04 Å². The van der Waals surface area contributed by atoms with Crippen LogP contribution in [0.5, 0.6) is 0 Å². The number of nitrogens with zero attached hydrogens (tertiary/aromatic N) is 4. The van der Waals surface area contributed by atoms with E-state index in [1.807, 2.05) is 10.7 Å². The Labute approximate surface area is 100 Å². The van der Waals surface area contributed by atoms with E-state index in [0.717, 1.165) is 19.6 Å². The van der Waals surface area contributed by atoms with Crippen LogP contribution in [0.3, 0.4) is 0 Å². The average Bonchev–Trinajstić information content (AvgIpc) is 2.94. The summed E-state index contributed by atoms with van der Waals surface area (Å²) >= 11 is 0. The fourth-order valence-electron chi connectivity index (χ4n) is 2.26. The molecule has 3 rings (SSSR count). The maximum absolute atomic E-state index is 3.88. The third-order valence-electron chi connectivity index (χ3n) is 3.10. The minimum Gasteiger partial charge on any atom is -0.312 e. The summed E-state index contributed by atoms with van der Waals surface area (Å²) < 4.78 is 1.97. The van der Waals surface area contributed by atoms with Crippen LogP contribution in [0.25, 0.3) is 0 Å². The molecule has 1 aromatic carbocycles. The summed E-state index contributed by atoms with van der Waals surface area (Å²) in [6, 6.07) is 10.9. The molecule has 88 valence electrons. The van der Waals surface area contributed by atoms with Crippen molar-refractivity contribution in [2.24, 2.45) is 0 Å². The summed E-state index contributed by atoms with van der Waals surface area (Å²) in [5, 5.41) is 13.5. The fraction of sp³-hybridized carbons (Fsp3) is 0.333. The standard InChI is InChI=1S/C12H15N5/c1-2-4-11(5-3-1)12-8-13-6-7-17(12)16-9-14-15-10-16/h1-5,9-10,12-13H,6-8H2. The Bertz CT molecular complexity index is 453. The lowest BCUT2D eigenvalue weighted by Crippen LogP contribution is -2.51. The third kappa shape index (κ3) is 2.01. The van der Waals surface area contributed by atoms with Gasteiger partial charge in [0.1, 0.15) is 12.7 Å². The zero-order chi connectivity index (χ0) is 11.5. The molecule has 1 aromatic heterocycles. The lowest BCUT2D eigenvalue weighted by Gasteiger charge is -2.37. The Kier molecular flexibility index (Phi) is 2.75. The largest absolute Gasteiger partial charge is 0.312 e. The molecule has 5 nitrogen and oxygen atoms in total. The number of nitrogens with one attached hydrogen (secondary N) is 1. The molecule has 1 aliphatic heterocycles. The van der Waals surface area contributed by atoms with Crippen molar-refractivity contribution >= 4 is 0 Å². The van der Waals surface area contributed by atoms with Crippen LogP contribution in [0.2, 0.25) is 0 Å². The molecule has 0 aliphatic carbocycles. The quantitative estimate of drug-likeness (QED) is 0.817. The van der Waals surface area contributed by atoms with E-state index in [1.54, 1.807) is 12.7 Å². The van der Waals surface area contributed by atoms with Gasteiger partial charge in [-0.05, 0) is 5.56 Å². The van der Waals surface area contributed by atoms with E-state index < -0.39 is 0 Å². The first-order valence-corrected chi connectivity index (χ1v) is 5.82. The maximum Gasteiger partial charge on any atom is 0.139 e. The number of hydrogen-bond acceptors (Lipinski definition) is 4. The highest BCUT2D eigenvalue weighted by Gasteiger charge is 2.23. The molecule has 0 spiro atoms. The van der Waals surface area contributed by atoms with Gasteiger partial charge >= 0.3 is 0 Å². The van der Waals surface area contributed by atoms with Crippen LogP contribution < -0.4 is 10.3 Å². The smallest absolute Gasteiger partial charge is 0.139 e. The Morgan fingerprint density at radius 1 is 1.12 bits per heavy atom. The molecule has 1 fully saturated rings. The van der Waals surface area contributed by atoms with E-state index >= 15 is 0 Å². The second-order valence-electron chi connectivity index (χ2n) is 4.14. The number of benzene rings is 1. The molecule has 0 saturated carbocycles. The predicted octanol–water partition coefficient (Wildman–Crippen LogP) is 0.561. The molecular weight excluding hydrogens is 214 g/mol. The van der Waals surface area contributed by atoms with E-state index in [0.29, 0.717) is 6.04 Å². The highest BCUT2D eigenvalue weighted by atomic mass is 15.6. The molecule has 1 N–H and O–H groups in total. The van der Waals surface area contributed by atoms with E-state index in [9.17, 15) is 0 Å². The van der Waals surface area contributed by atoms with Gasteiger partial charge < -0.3 is 10.3 Å². The van der Waals surface area contributed by atoms with Gasteiger partial charge in [-0.25, -0.2) is 4.68 Å². The van der Waals surface area contributed by atoms with Gasteiger partial charge in [-0.1, -0.05) is 30.3 Å². The van der Waals surface area contributed by atoms with Crippen molar-refractivity contribution in [3.8, 4) is 0 Å². The van der Waals surface area contributed by atoms with Gasteiger partial charge in [-0.2, -0.15) is 0 Å². The summed E-state index contributed by atoms with van der Waals surface area (Å²) in [7, 11) is 0. The van der Waals surface area contributed by atoms with E-state index in [2.05, 4.69) is 44.8 Å². The second-order valence-corrected chi connectivity index (χ2v) is 4.14. The maximum atomic E-state index is 3.88. The third-order valence-corrected chi connectivity index (χ3v) is 3.10. The first-order chi connectivity index (χ1) is 8.45. The molecule has 1 saturated heterocycles. The zero-order valence-corrected chi connectivity index (χ0v) is 9.53. The first-order valence-electron chi connectivity index (χ1n) is 5.82. The van der Waals surface area contributed by atoms with Gasteiger partial charge in [0, 0.05) is 19.6 Å². The number of rotatable bonds is 2.